The van der Waals surface area contributed by atoms with Gasteiger partial charge in [0.1, 0.15) is 17.9 Å². The van der Waals surface area contributed by atoms with Crippen molar-refractivity contribution in [2.75, 3.05) is 10.6 Å². The number of anilines is 3. The summed E-state index contributed by atoms with van der Waals surface area (Å²) in [5.41, 5.74) is 4.66. The summed E-state index contributed by atoms with van der Waals surface area (Å²) in [5, 5.41) is 28.1. The molecule has 3 aromatic heterocycles. The summed E-state index contributed by atoms with van der Waals surface area (Å²) in [6, 6.07) is 10.3. The van der Waals surface area contributed by atoms with E-state index in [0.717, 1.165) is 41.2 Å². The van der Waals surface area contributed by atoms with Crippen LogP contribution < -0.4 is 16.0 Å². The number of aliphatic hydroxyl groups is 1. The minimum absolute atomic E-state index is 0.253. The summed E-state index contributed by atoms with van der Waals surface area (Å²) in [5.74, 6) is 1.31. The Morgan fingerprint density at radius 3 is 2.71 bits per heavy atom. The van der Waals surface area contributed by atoms with Gasteiger partial charge < -0.3 is 21.1 Å². The molecule has 0 radical (unpaired) electrons. The summed E-state index contributed by atoms with van der Waals surface area (Å²) in [6.07, 6.45) is 8.74. The van der Waals surface area contributed by atoms with Crippen molar-refractivity contribution in [3.8, 4) is 5.69 Å². The number of hydrogen-bond acceptors (Lipinski definition) is 7. The number of benzene rings is 1. The molecule has 6 rings (SSSR count). The third-order valence-corrected chi connectivity index (χ3v) is 6.06. The molecule has 1 saturated carbocycles. The van der Waals surface area contributed by atoms with E-state index < -0.39 is 6.23 Å². The fraction of sp³-hybridized carbons (Fsp3) is 0.250. The summed E-state index contributed by atoms with van der Waals surface area (Å²) in [6.45, 7) is 2.01. The fourth-order valence-electron chi connectivity index (χ4n) is 4.07. The average molecular weight is 457 g/mol. The van der Waals surface area contributed by atoms with Crippen molar-refractivity contribution in [1.82, 2.24) is 29.7 Å². The number of aromatic nitrogens is 5. The molecule has 1 aliphatic heterocycles. The molecule has 10 heteroatoms. The summed E-state index contributed by atoms with van der Waals surface area (Å²) >= 11 is 0. The molecule has 0 spiro atoms. The first kappa shape index (κ1) is 20.4. The second-order valence-electron chi connectivity index (χ2n) is 8.67. The number of nitrogens with one attached hydrogen (secondary N) is 3. The van der Waals surface area contributed by atoms with Gasteiger partial charge in [-0.1, -0.05) is 0 Å². The van der Waals surface area contributed by atoms with E-state index in [2.05, 4.69) is 26.1 Å². The molecule has 1 atom stereocenters. The van der Waals surface area contributed by atoms with Gasteiger partial charge in [0.05, 0.1) is 11.9 Å². The van der Waals surface area contributed by atoms with Crippen molar-refractivity contribution in [3.05, 3.63) is 65.6 Å². The third-order valence-electron chi connectivity index (χ3n) is 6.06. The molecule has 1 saturated heterocycles. The second kappa shape index (κ2) is 7.99. The van der Waals surface area contributed by atoms with Crippen LogP contribution >= 0.6 is 0 Å². The van der Waals surface area contributed by atoms with Crippen molar-refractivity contribution in [1.29, 1.82) is 0 Å². The summed E-state index contributed by atoms with van der Waals surface area (Å²) in [7, 11) is 0. The first-order valence-electron chi connectivity index (χ1n) is 11.3. The molecule has 34 heavy (non-hydrogen) atoms. The molecule has 10 nitrogen and oxygen atoms in total. The highest BCUT2D eigenvalue weighted by Gasteiger charge is 2.27. The number of hydrogen-bond donors (Lipinski definition) is 4. The minimum atomic E-state index is -0.857. The van der Waals surface area contributed by atoms with Crippen molar-refractivity contribution < 1.29 is 9.90 Å². The summed E-state index contributed by atoms with van der Waals surface area (Å²) in [4.78, 5) is 17.0. The summed E-state index contributed by atoms with van der Waals surface area (Å²) < 4.78 is 3.59. The van der Waals surface area contributed by atoms with Gasteiger partial charge in [0.2, 0.25) is 5.91 Å². The Hall–Kier alpha value is -4.18. The van der Waals surface area contributed by atoms with E-state index in [-0.39, 0.29) is 12.3 Å². The van der Waals surface area contributed by atoms with Crippen molar-refractivity contribution >= 4 is 35.0 Å². The molecule has 4 N–H and O–H groups in total. The third kappa shape index (κ3) is 3.77. The van der Waals surface area contributed by atoms with Crippen LogP contribution in [0.1, 0.15) is 30.4 Å². The van der Waals surface area contributed by atoms with Gasteiger partial charge >= 0.3 is 0 Å². The maximum atomic E-state index is 12.1. The van der Waals surface area contributed by atoms with E-state index in [1.165, 1.54) is 0 Å². The van der Waals surface area contributed by atoms with Crippen molar-refractivity contribution in [3.63, 3.8) is 0 Å². The normalized spacial score (nSPS) is 19.1. The highest BCUT2D eigenvalue weighted by atomic mass is 16.3. The quantitative estimate of drug-likeness (QED) is 0.329. The number of fused-ring (bicyclic) bond motifs is 1. The number of nitrogens with zero attached hydrogens (tertiary/aromatic N) is 5. The monoisotopic (exact) mass is 456 g/mol. The number of carbonyl (C=O) groups is 1. The molecular formula is C24H24N8O2. The Kier molecular flexibility index (Phi) is 4.80. The van der Waals surface area contributed by atoms with E-state index in [1.54, 1.807) is 27.7 Å². The van der Waals surface area contributed by atoms with E-state index in [1.807, 2.05) is 43.5 Å². The Morgan fingerprint density at radius 1 is 1.21 bits per heavy atom. The molecular weight excluding hydrogens is 432 g/mol. The average Bonchev–Trinajstić information content (AvgIpc) is 3.18. The highest BCUT2D eigenvalue weighted by Crippen LogP contribution is 2.32. The Labute approximate surface area is 195 Å². The maximum Gasteiger partial charge on any atom is 0.249 e. The molecule has 1 amide bonds. The first-order chi connectivity index (χ1) is 16.5. The van der Waals surface area contributed by atoms with E-state index >= 15 is 0 Å². The predicted octanol–water partition coefficient (Wildman–Crippen LogP) is 2.76. The Balaban J connectivity index is 1.39. The van der Waals surface area contributed by atoms with E-state index in [9.17, 15) is 9.90 Å². The number of aliphatic hydroxyl groups excluding tert-OH is 1. The van der Waals surface area contributed by atoms with Crippen LogP contribution in [-0.4, -0.2) is 47.7 Å². The molecule has 2 fully saturated rings. The lowest BCUT2D eigenvalue weighted by atomic mass is 10.1. The molecule has 2 aliphatic rings. The van der Waals surface area contributed by atoms with Gasteiger partial charge in [-0.25, -0.2) is 9.67 Å². The van der Waals surface area contributed by atoms with Crippen LogP contribution in [0.15, 0.2) is 54.5 Å². The van der Waals surface area contributed by atoms with Crippen molar-refractivity contribution in [2.45, 2.75) is 38.5 Å². The number of carbonyl (C=O) groups excluding carboxylic acids is 1. The van der Waals surface area contributed by atoms with Crippen LogP contribution in [0.3, 0.4) is 0 Å². The lowest BCUT2D eigenvalue weighted by molar-refractivity contribution is -0.117. The van der Waals surface area contributed by atoms with Gasteiger partial charge in [0.25, 0.3) is 0 Å². The molecule has 0 bridgehead atoms. The molecule has 4 heterocycles. The van der Waals surface area contributed by atoms with Crippen LogP contribution in [0, 0.1) is 6.92 Å². The zero-order valence-corrected chi connectivity index (χ0v) is 18.6. The Bertz CT molecular complexity index is 1400. The van der Waals surface area contributed by atoms with Gasteiger partial charge in [-0.2, -0.15) is 14.7 Å². The van der Waals surface area contributed by atoms with Crippen molar-refractivity contribution in [2.24, 2.45) is 0 Å². The maximum absolute atomic E-state index is 12.1. The predicted molar refractivity (Wildman–Crippen MR) is 128 cm³/mol. The lowest BCUT2D eigenvalue weighted by Gasteiger charge is -2.16. The number of amides is 1. The van der Waals surface area contributed by atoms with Gasteiger partial charge in [-0.15, -0.1) is 0 Å². The zero-order valence-electron chi connectivity index (χ0n) is 18.6. The van der Waals surface area contributed by atoms with E-state index in [0.29, 0.717) is 23.1 Å². The zero-order chi connectivity index (χ0) is 23.2. The smallest absolute Gasteiger partial charge is 0.249 e. The molecule has 4 aromatic rings. The van der Waals surface area contributed by atoms with Gasteiger partial charge in [0.15, 0.2) is 5.65 Å². The molecule has 172 valence electrons. The molecule has 1 unspecified atom stereocenters. The van der Waals surface area contributed by atoms with Crippen LogP contribution in [0.2, 0.25) is 0 Å². The van der Waals surface area contributed by atoms with Crippen LogP contribution in [-0.2, 0) is 4.79 Å². The molecule has 1 aromatic carbocycles. The van der Waals surface area contributed by atoms with E-state index in [4.69, 9.17) is 4.98 Å². The molecule has 1 aliphatic carbocycles. The van der Waals surface area contributed by atoms with Gasteiger partial charge in [-0.3, -0.25) is 4.79 Å². The van der Waals surface area contributed by atoms with Gasteiger partial charge in [-0.05, 0) is 56.2 Å². The second-order valence-corrected chi connectivity index (χ2v) is 8.67. The first-order valence-corrected chi connectivity index (χ1v) is 11.3. The standard InChI is InChI=1S/C24H24N8O2/c1-14-21(27-17-5-7-19(8-6-17)31-10-2-9-25-31)30-23-16(11-15-12-20(33)29-24(15)34)13-26-32(23)22(14)28-18-3-4-18/h2,5-11,13,18,20,28,33H,3-4,12H2,1H3,(H,27,30)(H,29,34). The fourth-order valence-corrected chi connectivity index (χ4v) is 4.07. The SMILES string of the molecule is Cc1c(Nc2ccc(-n3cccn3)cc2)nc2c(C=C3CC(O)NC3=O)cnn2c1NC1CC1. The van der Waals surface area contributed by atoms with Gasteiger partial charge in [0, 0.05) is 47.2 Å². The lowest BCUT2D eigenvalue weighted by Crippen LogP contribution is -2.24. The van der Waals surface area contributed by atoms with Crippen LogP contribution in [0.25, 0.3) is 17.4 Å². The van der Waals surface area contributed by atoms with Crippen LogP contribution in [0.4, 0.5) is 17.3 Å². The highest BCUT2D eigenvalue weighted by molar-refractivity contribution is 6.00. The minimum Gasteiger partial charge on any atom is -0.373 e. The largest absolute Gasteiger partial charge is 0.373 e. The Morgan fingerprint density at radius 2 is 2.03 bits per heavy atom. The van der Waals surface area contributed by atoms with Crippen LogP contribution in [0.5, 0.6) is 0 Å². The topological polar surface area (TPSA) is 121 Å². The number of rotatable bonds is 6.